The maximum atomic E-state index is 12.9. The van der Waals surface area contributed by atoms with Gasteiger partial charge in [-0.1, -0.05) is 23.7 Å². The number of nitrogens with zero attached hydrogens (tertiary/aromatic N) is 1. The zero-order chi connectivity index (χ0) is 18.7. The number of aliphatic hydroxyl groups is 1. The fourth-order valence-corrected chi connectivity index (χ4v) is 4.43. The van der Waals surface area contributed by atoms with Crippen LogP contribution in [-0.2, 0) is 16.6 Å². The third-order valence-electron chi connectivity index (χ3n) is 4.34. The Labute approximate surface area is 158 Å². The van der Waals surface area contributed by atoms with Gasteiger partial charge in [0.25, 0.3) is 0 Å². The fourth-order valence-electron chi connectivity index (χ4n) is 2.92. The molecule has 0 saturated carbocycles. The van der Waals surface area contributed by atoms with Crippen molar-refractivity contribution in [2.45, 2.75) is 24.0 Å². The molecule has 26 heavy (non-hydrogen) atoms. The summed E-state index contributed by atoms with van der Waals surface area (Å²) < 4.78 is 33.4. The molecule has 1 heterocycles. The van der Waals surface area contributed by atoms with E-state index in [1.807, 2.05) is 4.90 Å². The molecule has 8 heteroatoms. The Morgan fingerprint density at radius 1 is 1.27 bits per heavy atom. The van der Waals surface area contributed by atoms with Crippen molar-refractivity contribution in [3.05, 3.63) is 53.1 Å². The van der Waals surface area contributed by atoms with Crippen LogP contribution < -0.4 is 14.4 Å². The highest BCUT2D eigenvalue weighted by molar-refractivity contribution is 7.89. The number of ether oxygens (including phenoxy) is 1. The molecule has 6 nitrogen and oxygen atoms in total. The van der Waals surface area contributed by atoms with Crippen molar-refractivity contribution in [2.24, 2.45) is 0 Å². The van der Waals surface area contributed by atoms with Gasteiger partial charge in [0.15, 0.2) is 0 Å². The number of benzene rings is 2. The predicted molar refractivity (Wildman–Crippen MR) is 101 cm³/mol. The summed E-state index contributed by atoms with van der Waals surface area (Å²) in [4.78, 5) is 1.98. The highest BCUT2D eigenvalue weighted by atomic mass is 35.5. The monoisotopic (exact) mass is 396 g/mol. The largest absolute Gasteiger partial charge is 0.497 e. The second-order valence-corrected chi connectivity index (χ2v) is 8.34. The van der Waals surface area contributed by atoms with Crippen LogP contribution in [0, 0.1) is 0 Å². The molecule has 1 atom stereocenters. The topological polar surface area (TPSA) is 78.9 Å². The molecule has 0 amide bonds. The van der Waals surface area contributed by atoms with E-state index in [2.05, 4.69) is 4.72 Å². The van der Waals surface area contributed by atoms with E-state index in [1.54, 1.807) is 43.5 Å². The molecule has 1 aliphatic heterocycles. The lowest BCUT2D eigenvalue weighted by Gasteiger charge is -2.22. The van der Waals surface area contributed by atoms with Crippen LogP contribution >= 0.6 is 11.6 Å². The van der Waals surface area contributed by atoms with Crippen molar-refractivity contribution >= 4 is 27.3 Å². The van der Waals surface area contributed by atoms with Crippen LogP contribution in [0.4, 0.5) is 5.69 Å². The van der Waals surface area contributed by atoms with E-state index < -0.39 is 16.1 Å². The Balaban J connectivity index is 1.82. The van der Waals surface area contributed by atoms with E-state index in [0.717, 1.165) is 5.56 Å². The average Bonchev–Trinajstić information content (AvgIpc) is 3.06. The summed E-state index contributed by atoms with van der Waals surface area (Å²) >= 11 is 6.03. The summed E-state index contributed by atoms with van der Waals surface area (Å²) in [6, 6.07) is 11.9. The van der Waals surface area contributed by atoms with Crippen molar-refractivity contribution in [1.82, 2.24) is 4.72 Å². The van der Waals surface area contributed by atoms with Crippen molar-refractivity contribution in [2.75, 3.05) is 25.1 Å². The van der Waals surface area contributed by atoms with Gasteiger partial charge < -0.3 is 14.7 Å². The highest BCUT2D eigenvalue weighted by Gasteiger charge is 2.27. The molecular formula is C18H21ClN2O4S. The lowest BCUT2D eigenvalue weighted by Crippen LogP contribution is -2.28. The molecule has 2 N–H and O–H groups in total. The van der Waals surface area contributed by atoms with Crippen LogP contribution in [0.3, 0.4) is 0 Å². The number of aliphatic hydroxyl groups excluding tert-OH is 1. The van der Waals surface area contributed by atoms with Gasteiger partial charge in [-0.15, -0.1) is 0 Å². The Morgan fingerprint density at radius 3 is 2.62 bits per heavy atom. The van der Waals surface area contributed by atoms with Gasteiger partial charge >= 0.3 is 0 Å². The third kappa shape index (κ3) is 4.29. The first-order valence-corrected chi connectivity index (χ1v) is 10.1. The Bertz CT molecular complexity index is 871. The fraction of sp³-hybridized carbons (Fsp3) is 0.333. The van der Waals surface area contributed by atoms with Crippen LogP contribution in [0.5, 0.6) is 5.75 Å². The van der Waals surface area contributed by atoms with Gasteiger partial charge in [-0.25, -0.2) is 13.1 Å². The van der Waals surface area contributed by atoms with Gasteiger partial charge in [-0.3, -0.25) is 0 Å². The molecule has 140 valence electrons. The molecule has 0 bridgehead atoms. The summed E-state index contributed by atoms with van der Waals surface area (Å²) in [5.41, 5.74) is 1.36. The van der Waals surface area contributed by atoms with E-state index in [9.17, 15) is 13.5 Å². The quantitative estimate of drug-likeness (QED) is 0.783. The molecule has 1 fully saturated rings. The summed E-state index contributed by atoms with van der Waals surface area (Å²) in [6.07, 6.45) is 0.162. The van der Waals surface area contributed by atoms with E-state index in [1.165, 1.54) is 6.07 Å². The number of nitrogens with one attached hydrogen (secondary N) is 1. The number of hydrogen-bond donors (Lipinski definition) is 2. The van der Waals surface area contributed by atoms with E-state index in [-0.39, 0.29) is 11.4 Å². The zero-order valence-electron chi connectivity index (χ0n) is 14.4. The molecule has 0 aliphatic carbocycles. The normalized spacial score (nSPS) is 17.5. The maximum absolute atomic E-state index is 12.9. The minimum Gasteiger partial charge on any atom is -0.497 e. The van der Waals surface area contributed by atoms with Crippen molar-refractivity contribution in [3.8, 4) is 5.75 Å². The van der Waals surface area contributed by atoms with Gasteiger partial charge in [0, 0.05) is 24.7 Å². The molecular weight excluding hydrogens is 376 g/mol. The standard InChI is InChI=1S/C18H21ClN2O4S/c1-25-16-5-2-13(3-6-16)11-20-26(23,24)18-10-14(19)4-7-17(18)21-9-8-15(22)12-21/h2-7,10,15,20,22H,8-9,11-12H2,1H3/t15-/m1/s1. The lowest BCUT2D eigenvalue weighted by molar-refractivity contribution is 0.198. The third-order valence-corrected chi connectivity index (χ3v) is 6.01. The van der Waals surface area contributed by atoms with Crippen molar-refractivity contribution in [3.63, 3.8) is 0 Å². The molecule has 2 aromatic rings. The Kier molecular flexibility index (Phi) is 5.72. The summed E-state index contributed by atoms with van der Waals surface area (Å²) in [5.74, 6) is 0.710. The molecule has 3 rings (SSSR count). The SMILES string of the molecule is COc1ccc(CNS(=O)(=O)c2cc(Cl)ccc2N2CC[C@@H](O)C2)cc1. The van der Waals surface area contributed by atoms with E-state index >= 15 is 0 Å². The van der Waals surface area contributed by atoms with Crippen LogP contribution in [0.1, 0.15) is 12.0 Å². The molecule has 2 aromatic carbocycles. The zero-order valence-corrected chi connectivity index (χ0v) is 15.9. The minimum absolute atomic E-state index is 0.118. The molecule has 0 spiro atoms. The van der Waals surface area contributed by atoms with Gasteiger partial charge in [-0.05, 0) is 42.3 Å². The number of β-amino-alcohol motifs (C(OH)–C–C–N with tert-alkyl or cyclic N) is 1. The number of rotatable bonds is 6. The second-order valence-electron chi connectivity index (χ2n) is 6.17. The predicted octanol–water partition coefficient (Wildman–Crippen LogP) is 2.40. The number of halogens is 1. The summed E-state index contributed by atoms with van der Waals surface area (Å²) in [5, 5.41) is 10.1. The first-order chi connectivity index (χ1) is 12.4. The summed E-state index contributed by atoms with van der Waals surface area (Å²) in [7, 11) is -2.19. The van der Waals surface area contributed by atoms with Crippen molar-refractivity contribution < 1.29 is 18.3 Å². The van der Waals surface area contributed by atoms with Gasteiger partial charge in [0.2, 0.25) is 10.0 Å². The average molecular weight is 397 g/mol. The van der Waals surface area contributed by atoms with E-state index in [4.69, 9.17) is 16.3 Å². The highest BCUT2D eigenvalue weighted by Crippen LogP contribution is 2.31. The first kappa shape index (κ1) is 19.0. The smallest absolute Gasteiger partial charge is 0.242 e. The Hall–Kier alpha value is -1.80. The van der Waals surface area contributed by atoms with Crippen LogP contribution in [0.25, 0.3) is 0 Å². The minimum atomic E-state index is -3.77. The maximum Gasteiger partial charge on any atom is 0.242 e. The lowest BCUT2D eigenvalue weighted by atomic mass is 10.2. The molecule has 0 unspecified atom stereocenters. The molecule has 0 aromatic heterocycles. The van der Waals surface area contributed by atoms with Gasteiger partial charge in [0.1, 0.15) is 10.6 Å². The van der Waals surface area contributed by atoms with Gasteiger partial charge in [0.05, 0.1) is 18.9 Å². The number of sulfonamides is 1. The van der Waals surface area contributed by atoms with Crippen LogP contribution in [0.15, 0.2) is 47.4 Å². The molecule has 1 saturated heterocycles. The molecule has 1 aliphatic rings. The van der Waals surface area contributed by atoms with E-state index in [0.29, 0.717) is 36.0 Å². The second kappa shape index (κ2) is 7.84. The van der Waals surface area contributed by atoms with Crippen molar-refractivity contribution in [1.29, 1.82) is 0 Å². The Morgan fingerprint density at radius 2 is 2.00 bits per heavy atom. The summed E-state index contributed by atoms with van der Waals surface area (Å²) in [6.45, 7) is 1.16. The van der Waals surface area contributed by atoms with Crippen LogP contribution in [0.2, 0.25) is 5.02 Å². The number of anilines is 1. The first-order valence-electron chi connectivity index (χ1n) is 8.24. The van der Waals surface area contributed by atoms with Crippen LogP contribution in [-0.4, -0.2) is 39.8 Å². The van der Waals surface area contributed by atoms with Gasteiger partial charge in [-0.2, -0.15) is 0 Å². The molecule has 0 radical (unpaired) electrons. The number of methoxy groups -OCH3 is 1. The number of hydrogen-bond acceptors (Lipinski definition) is 5.